The molecule has 0 amide bonds. The van der Waals surface area contributed by atoms with Gasteiger partial charge in [-0.15, -0.1) is 0 Å². The standard InChI is InChI=1S/C10H22O3/c1-4-13-10(12,8-11)7-5-6-9(2)3/h9,11-12H,4-8H2,1-3H3. The summed E-state index contributed by atoms with van der Waals surface area (Å²) in [5.41, 5.74) is 0. The first-order valence-corrected chi connectivity index (χ1v) is 5.01. The Bertz CT molecular complexity index is 125. The quantitative estimate of drug-likeness (QED) is 0.599. The lowest BCUT2D eigenvalue weighted by molar-refractivity contribution is -0.226. The average Bonchev–Trinajstić information content (AvgIpc) is 2.04. The molecular formula is C10H22O3. The molecule has 0 aliphatic carbocycles. The maximum atomic E-state index is 9.66. The van der Waals surface area contributed by atoms with E-state index in [0.717, 1.165) is 12.8 Å². The molecule has 1 unspecified atom stereocenters. The maximum Gasteiger partial charge on any atom is 0.188 e. The molecule has 0 rings (SSSR count). The Balaban J connectivity index is 3.69. The second-order valence-corrected chi connectivity index (χ2v) is 3.82. The Morgan fingerprint density at radius 3 is 2.38 bits per heavy atom. The van der Waals surface area contributed by atoms with Crippen LogP contribution in [0.1, 0.15) is 40.0 Å². The van der Waals surface area contributed by atoms with Gasteiger partial charge in [0.2, 0.25) is 0 Å². The zero-order valence-electron chi connectivity index (χ0n) is 8.92. The predicted molar refractivity (Wildman–Crippen MR) is 52.4 cm³/mol. The van der Waals surface area contributed by atoms with E-state index in [2.05, 4.69) is 13.8 Å². The lowest BCUT2D eigenvalue weighted by Gasteiger charge is -2.25. The summed E-state index contributed by atoms with van der Waals surface area (Å²) in [4.78, 5) is 0. The van der Waals surface area contributed by atoms with Gasteiger partial charge in [0.15, 0.2) is 5.79 Å². The van der Waals surface area contributed by atoms with Gasteiger partial charge in [-0.3, -0.25) is 0 Å². The van der Waals surface area contributed by atoms with Crippen LogP contribution in [0.2, 0.25) is 0 Å². The van der Waals surface area contributed by atoms with Crippen LogP contribution in [-0.2, 0) is 4.74 Å². The summed E-state index contributed by atoms with van der Waals surface area (Å²) >= 11 is 0. The molecule has 0 heterocycles. The molecule has 0 saturated carbocycles. The van der Waals surface area contributed by atoms with Crippen molar-refractivity contribution in [1.29, 1.82) is 0 Å². The average molecular weight is 190 g/mol. The van der Waals surface area contributed by atoms with Gasteiger partial charge in [-0.25, -0.2) is 0 Å². The van der Waals surface area contributed by atoms with E-state index in [0.29, 0.717) is 18.9 Å². The van der Waals surface area contributed by atoms with E-state index in [1.165, 1.54) is 0 Å². The topological polar surface area (TPSA) is 49.7 Å². The third kappa shape index (κ3) is 6.02. The molecule has 3 nitrogen and oxygen atoms in total. The van der Waals surface area contributed by atoms with E-state index >= 15 is 0 Å². The van der Waals surface area contributed by atoms with Gasteiger partial charge in [-0.2, -0.15) is 0 Å². The molecule has 0 spiro atoms. The largest absolute Gasteiger partial charge is 0.391 e. The van der Waals surface area contributed by atoms with Crippen LogP contribution in [0, 0.1) is 5.92 Å². The highest BCUT2D eigenvalue weighted by atomic mass is 16.6. The molecule has 2 N–H and O–H groups in total. The smallest absolute Gasteiger partial charge is 0.188 e. The Morgan fingerprint density at radius 2 is 2.00 bits per heavy atom. The molecule has 1 atom stereocenters. The summed E-state index contributed by atoms with van der Waals surface area (Å²) in [6, 6.07) is 0. The van der Waals surface area contributed by atoms with Gasteiger partial charge < -0.3 is 14.9 Å². The van der Waals surface area contributed by atoms with Crippen LogP contribution in [0.4, 0.5) is 0 Å². The molecule has 0 saturated heterocycles. The van der Waals surface area contributed by atoms with Crippen molar-refractivity contribution < 1.29 is 14.9 Å². The number of hydrogen-bond donors (Lipinski definition) is 2. The second-order valence-electron chi connectivity index (χ2n) is 3.82. The molecule has 3 heteroatoms. The molecule has 0 aromatic heterocycles. The first-order chi connectivity index (χ1) is 6.04. The van der Waals surface area contributed by atoms with Gasteiger partial charge in [0.05, 0.1) is 6.61 Å². The van der Waals surface area contributed by atoms with Gasteiger partial charge in [-0.05, 0) is 19.3 Å². The van der Waals surface area contributed by atoms with E-state index in [-0.39, 0.29) is 6.61 Å². The third-order valence-electron chi connectivity index (χ3n) is 2.01. The monoisotopic (exact) mass is 190 g/mol. The molecule has 0 aromatic carbocycles. The minimum Gasteiger partial charge on any atom is -0.391 e. The van der Waals surface area contributed by atoms with Crippen molar-refractivity contribution in [2.24, 2.45) is 5.92 Å². The van der Waals surface area contributed by atoms with Crippen molar-refractivity contribution in [2.75, 3.05) is 13.2 Å². The minimum absolute atomic E-state index is 0.321. The highest BCUT2D eigenvalue weighted by Gasteiger charge is 2.25. The van der Waals surface area contributed by atoms with Crippen LogP contribution in [0.15, 0.2) is 0 Å². The van der Waals surface area contributed by atoms with Crippen molar-refractivity contribution in [1.82, 2.24) is 0 Å². The fourth-order valence-corrected chi connectivity index (χ4v) is 1.25. The summed E-state index contributed by atoms with van der Waals surface area (Å²) in [6.07, 6.45) is 2.44. The highest BCUT2D eigenvalue weighted by molar-refractivity contribution is 4.65. The van der Waals surface area contributed by atoms with E-state index in [1.807, 2.05) is 6.92 Å². The van der Waals surface area contributed by atoms with Crippen molar-refractivity contribution in [3.8, 4) is 0 Å². The Morgan fingerprint density at radius 1 is 1.38 bits per heavy atom. The van der Waals surface area contributed by atoms with Gasteiger partial charge >= 0.3 is 0 Å². The van der Waals surface area contributed by atoms with Crippen LogP contribution in [0.3, 0.4) is 0 Å². The van der Waals surface area contributed by atoms with Crippen LogP contribution < -0.4 is 0 Å². The van der Waals surface area contributed by atoms with Crippen LogP contribution in [0.25, 0.3) is 0 Å². The fourth-order valence-electron chi connectivity index (χ4n) is 1.25. The second kappa shape index (κ2) is 6.35. The molecule has 13 heavy (non-hydrogen) atoms. The number of hydrogen-bond acceptors (Lipinski definition) is 3. The van der Waals surface area contributed by atoms with E-state index in [4.69, 9.17) is 9.84 Å². The third-order valence-corrected chi connectivity index (χ3v) is 2.01. The highest BCUT2D eigenvalue weighted by Crippen LogP contribution is 2.17. The molecule has 0 bridgehead atoms. The SMILES string of the molecule is CCOC(O)(CO)CCCC(C)C. The summed E-state index contributed by atoms with van der Waals surface area (Å²) in [6.45, 7) is 6.19. The Kier molecular flexibility index (Phi) is 6.29. The normalized spacial score (nSPS) is 16.2. The molecule has 0 radical (unpaired) electrons. The van der Waals surface area contributed by atoms with Crippen LogP contribution in [-0.4, -0.2) is 29.2 Å². The number of aliphatic hydroxyl groups excluding tert-OH is 1. The van der Waals surface area contributed by atoms with Gasteiger partial charge in [0, 0.05) is 13.0 Å². The summed E-state index contributed by atoms with van der Waals surface area (Å²) < 4.78 is 5.07. The van der Waals surface area contributed by atoms with Crippen molar-refractivity contribution in [3.05, 3.63) is 0 Å². The van der Waals surface area contributed by atoms with E-state index in [1.54, 1.807) is 0 Å². The van der Waals surface area contributed by atoms with E-state index in [9.17, 15) is 5.11 Å². The van der Waals surface area contributed by atoms with Gasteiger partial charge in [0.25, 0.3) is 0 Å². The number of rotatable bonds is 7. The first-order valence-electron chi connectivity index (χ1n) is 5.01. The Labute approximate surface area is 80.7 Å². The van der Waals surface area contributed by atoms with Crippen LogP contribution >= 0.6 is 0 Å². The number of ether oxygens (including phenoxy) is 1. The molecule has 0 aliphatic heterocycles. The van der Waals surface area contributed by atoms with Crippen molar-refractivity contribution in [3.63, 3.8) is 0 Å². The minimum atomic E-state index is -1.32. The summed E-state index contributed by atoms with van der Waals surface area (Å²) in [5.74, 6) is -0.687. The predicted octanol–water partition coefficient (Wildman–Crippen LogP) is 1.53. The van der Waals surface area contributed by atoms with E-state index < -0.39 is 5.79 Å². The zero-order chi connectivity index (χ0) is 10.3. The molecular weight excluding hydrogens is 168 g/mol. The summed E-state index contributed by atoms with van der Waals surface area (Å²) in [5, 5.41) is 18.6. The lowest BCUT2D eigenvalue weighted by Crippen LogP contribution is -2.36. The zero-order valence-corrected chi connectivity index (χ0v) is 8.92. The number of aliphatic hydroxyl groups is 2. The molecule has 0 aromatic rings. The molecule has 0 aliphatic rings. The lowest BCUT2D eigenvalue weighted by atomic mass is 10.0. The van der Waals surface area contributed by atoms with Gasteiger partial charge in [0.1, 0.15) is 0 Å². The fraction of sp³-hybridized carbons (Fsp3) is 1.00. The van der Waals surface area contributed by atoms with Crippen molar-refractivity contribution in [2.45, 2.75) is 45.8 Å². The first kappa shape index (κ1) is 12.9. The molecule has 0 fully saturated rings. The van der Waals surface area contributed by atoms with Crippen LogP contribution in [0.5, 0.6) is 0 Å². The summed E-state index contributed by atoms with van der Waals surface area (Å²) in [7, 11) is 0. The maximum absolute atomic E-state index is 9.66. The van der Waals surface area contributed by atoms with Gasteiger partial charge in [-0.1, -0.05) is 20.3 Å². The van der Waals surface area contributed by atoms with Crippen molar-refractivity contribution >= 4 is 0 Å². The Hall–Kier alpha value is -0.120. The molecule has 80 valence electrons.